The van der Waals surface area contributed by atoms with E-state index in [9.17, 15) is 32.8 Å². The summed E-state index contributed by atoms with van der Waals surface area (Å²) in [7, 11) is 0. The maximum Gasteiger partial charge on any atom is 0.573 e. The van der Waals surface area contributed by atoms with E-state index in [1.165, 1.54) is 36.4 Å². The molecule has 1 heterocycles. The number of amides is 3. The summed E-state index contributed by atoms with van der Waals surface area (Å²) in [6.45, 7) is 2.13. The van der Waals surface area contributed by atoms with E-state index in [4.69, 9.17) is 27.9 Å². The molecule has 0 bridgehead atoms. The zero-order valence-corrected chi connectivity index (χ0v) is 24.7. The van der Waals surface area contributed by atoms with Crippen molar-refractivity contribution in [2.75, 3.05) is 18.6 Å². The molecule has 45 heavy (non-hydrogen) atoms. The van der Waals surface area contributed by atoms with Gasteiger partial charge in [-0.2, -0.15) is 10.4 Å². The van der Waals surface area contributed by atoms with Crippen LogP contribution in [0.3, 0.4) is 0 Å². The van der Waals surface area contributed by atoms with Crippen LogP contribution < -0.4 is 20.2 Å². The van der Waals surface area contributed by atoms with E-state index in [1.807, 2.05) is 5.32 Å². The Hall–Kier alpha value is -5.00. The van der Waals surface area contributed by atoms with Gasteiger partial charge in [-0.15, -0.1) is 13.2 Å². The number of carbonyl (C=O) groups excluding carboxylic acids is 3. The molecule has 11 nitrogen and oxygen atoms in total. The van der Waals surface area contributed by atoms with Crippen molar-refractivity contribution >= 4 is 52.5 Å². The molecule has 2 N–H and O–H groups in total. The number of hydrogen-bond acceptors (Lipinski definition) is 9. The van der Waals surface area contributed by atoms with Crippen molar-refractivity contribution in [2.24, 2.45) is 5.10 Å². The van der Waals surface area contributed by atoms with Crippen LogP contribution in [0, 0.1) is 11.3 Å². The van der Waals surface area contributed by atoms with E-state index < -0.39 is 24.1 Å². The fraction of sp³-hybridized carbons (Fsp3) is 0.207. The number of carbonyl (C=O) groups is 3. The molecular weight excluding hydrogens is 642 g/mol. The van der Waals surface area contributed by atoms with Crippen molar-refractivity contribution in [1.29, 1.82) is 5.26 Å². The molecule has 4 rings (SSSR count). The van der Waals surface area contributed by atoms with Gasteiger partial charge in [0.15, 0.2) is 5.75 Å². The molecule has 1 aliphatic rings. The fourth-order valence-electron chi connectivity index (χ4n) is 4.15. The third-order valence-corrected chi connectivity index (χ3v) is 6.66. The largest absolute Gasteiger partial charge is 0.573 e. The standard InChI is InChI=1S/C29H22Cl2F3N5O6/c1-2-43-28(42)36-26(40)24(14-35)38-37-18-12-22(30)25(23(31)13-18)44-20-7-8-21-17(11-20)9-10-39(27(21)41)15-16-3-5-19(6-4-16)45-29(32,33)34/h3-8,11-13,37H,2,9-10,15H2,1H3,(H,36,40,42). The monoisotopic (exact) mass is 663 g/mol. The lowest BCUT2D eigenvalue weighted by Gasteiger charge is -2.29. The van der Waals surface area contributed by atoms with Crippen LogP contribution in [0.2, 0.25) is 10.0 Å². The molecule has 0 atom stereocenters. The number of anilines is 1. The van der Waals surface area contributed by atoms with Gasteiger partial charge in [0.05, 0.1) is 22.3 Å². The molecular formula is C29H22Cl2F3N5O6. The first-order valence-electron chi connectivity index (χ1n) is 13.0. The number of benzene rings is 3. The molecule has 1 aliphatic heterocycles. The summed E-state index contributed by atoms with van der Waals surface area (Å²) in [5, 5.41) is 14.8. The van der Waals surface area contributed by atoms with E-state index in [0.717, 1.165) is 0 Å². The lowest BCUT2D eigenvalue weighted by atomic mass is 9.98. The van der Waals surface area contributed by atoms with Crippen molar-refractivity contribution < 1.29 is 41.8 Å². The number of hydrazone groups is 1. The maximum absolute atomic E-state index is 13.1. The third-order valence-electron chi connectivity index (χ3n) is 6.10. The van der Waals surface area contributed by atoms with E-state index in [2.05, 4.69) is 20.0 Å². The minimum absolute atomic E-state index is 0.0253. The van der Waals surface area contributed by atoms with Gasteiger partial charge in [0.1, 0.15) is 17.6 Å². The first kappa shape index (κ1) is 32.9. The second kappa shape index (κ2) is 14.2. The second-order valence-corrected chi connectivity index (χ2v) is 10.0. The van der Waals surface area contributed by atoms with Gasteiger partial charge in [-0.05, 0) is 66.9 Å². The highest BCUT2D eigenvalue weighted by atomic mass is 35.5. The Bertz CT molecular complexity index is 1670. The number of halogens is 5. The molecule has 0 unspecified atom stereocenters. The summed E-state index contributed by atoms with van der Waals surface area (Å²) in [6, 6.07) is 14.5. The Balaban J connectivity index is 1.41. The molecule has 0 radical (unpaired) electrons. The van der Waals surface area contributed by atoms with Crippen LogP contribution in [0.1, 0.15) is 28.4 Å². The molecule has 0 aliphatic carbocycles. The van der Waals surface area contributed by atoms with Crippen molar-refractivity contribution in [3.05, 3.63) is 81.3 Å². The van der Waals surface area contributed by atoms with Crippen LogP contribution in [0.4, 0.5) is 23.7 Å². The van der Waals surface area contributed by atoms with Crippen LogP contribution in [-0.4, -0.2) is 48.0 Å². The van der Waals surface area contributed by atoms with E-state index in [1.54, 1.807) is 36.1 Å². The van der Waals surface area contributed by atoms with Crippen LogP contribution in [-0.2, 0) is 22.5 Å². The summed E-state index contributed by atoms with van der Waals surface area (Å²) >= 11 is 12.8. The van der Waals surface area contributed by atoms with Crippen LogP contribution in [0.15, 0.2) is 59.7 Å². The molecule has 0 spiro atoms. The van der Waals surface area contributed by atoms with Crippen molar-refractivity contribution in [3.8, 4) is 23.3 Å². The van der Waals surface area contributed by atoms with E-state index >= 15 is 0 Å². The number of fused-ring (bicyclic) bond motifs is 1. The number of rotatable bonds is 9. The summed E-state index contributed by atoms with van der Waals surface area (Å²) < 4.78 is 51.6. The fourth-order valence-corrected chi connectivity index (χ4v) is 4.71. The summed E-state index contributed by atoms with van der Waals surface area (Å²) in [5.41, 5.74) is 3.81. The lowest BCUT2D eigenvalue weighted by Crippen LogP contribution is -2.37. The SMILES string of the molecule is CCOC(=O)NC(=O)C(C#N)=NNc1cc(Cl)c(Oc2ccc3c(c2)CCN(Cc2ccc(OC(F)(F)F)cc2)C3=O)c(Cl)c1. The van der Waals surface area contributed by atoms with Crippen molar-refractivity contribution in [3.63, 3.8) is 0 Å². The van der Waals surface area contributed by atoms with Crippen LogP contribution >= 0.6 is 23.2 Å². The number of nitrogens with one attached hydrogen (secondary N) is 2. The molecule has 3 aromatic rings. The van der Waals surface area contributed by atoms with Gasteiger partial charge in [-0.25, -0.2) is 4.79 Å². The predicted octanol–water partition coefficient (Wildman–Crippen LogP) is 6.45. The zero-order valence-electron chi connectivity index (χ0n) is 23.2. The van der Waals surface area contributed by atoms with Crippen LogP contribution in [0.5, 0.6) is 17.2 Å². The van der Waals surface area contributed by atoms with Gasteiger partial charge >= 0.3 is 12.5 Å². The topological polar surface area (TPSA) is 142 Å². The Morgan fingerprint density at radius 3 is 2.36 bits per heavy atom. The van der Waals surface area contributed by atoms with Gasteiger partial charge in [0, 0.05) is 18.7 Å². The number of ether oxygens (including phenoxy) is 3. The highest BCUT2D eigenvalue weighted by molar-refractivity contribution is 6.47. The van der Waals surface area contributed by atoms with Crippen molar-refractivity contribution in [2.45, 2.75) is 26.3 Å². The van der Waals surface area contributed by atoms with Gasteiger partial charge in [-0.3, -0.25) is 20.3 Å². The first-order chi connectivity index (χ1) is 21.4. The highest BCUT2D eigenvalue weighted by Gasteiger charge is 2.31. The minimum atomic E-state index is -4.79. The first-order valence-corrected chi connectivity index (χ1v) is 13.8. The van der Waals surface area contributed by atoms with Gasteiger partial charge in [0.2, 0.25) is 5.71 Å². The maximum atomic E-state index is 13.1. The number of imide groups is 1. The smallest absolute Gasteiger partial charge is 0.454 e. The second-order valence-electron chi connectivity index (χ2n) is 9.22. The molecule has 3 amide bonds. The van der Waals surface area contributed by atoms with Gasteiger partial charge in [0.25, 0.3) is 11.8 Å². The molecule has 0 saturated heterocycles. The minimum Gasteiger partial charge on any atom is -0.454 e. The van der Waals surface area contributed by atoms with E-state index in [-0.39, 0.29) is 46.3 Å². The van der Waals surface area contributed by atoms with E-state index in [0.29, 0.717) is 35.4 Å². The molecule has 0 saturated carbocycles. The summed E-state index contributed by atoms with van der Waals surface area (Å²) in [5.74, 6) is -1.24. The van der Waals surface area contributed by atoms with Gasteiger partial charge in [-0.1, -0.05) is 35.3 Å². The average molecular weight is 664 g/mol. The highest BCUT2D eigenvalue weighted by Crippen LogP contribution is 2.39. The molecule has 234 valence electrons. The number of nitrogens with zero attached hydrogens (tertiary/aromatic N) is 3. The van der Waals surface area contributed by atoms with Crippen molar-refractivity contribution in [1.82, 2.24) is 10.2 Å². The molecule has 16 heteroatoms. The summed E-state index contributed by atoms with van der Waals surface area (Å²) in [6.07, 6.45) is -5.34. The third kappa shape index (κ3) is 8.78. The summed E-state index contributed by atoms with van der Waals surface area (Å²) in [4.78, 5) is 38.1. The van der Waals surface area contributed by atoms with Gasteiger partial charge < -0.3 is 19.1 Å². The van der Waals surface area contributed by atoms with Crippen LogP contribution in [0.25, 0.3) is 0 Å². The number of alkyl carbamates (subject to hydrolysis) is 1. The lowest BCUT2D eigenvalue weighted by molar-refractivity contribution is -0.274. The molecule has 0 aromatic heterocycles. The number of nitriles is 1. The molecule has 3 aromatic carbocycles. The Labute approximate surface area is 264 Å². The normalized spacial score (nSPS) is 13.0. The average Bonchev–Trinajstić information content (AvgIpc) is 2.97. The molecule has 0 fully saturated rings. The predicted molar refractivity (Wildman–Crippen MR) is 156 cm³/mol. The number of alkyl halides is 3. The zero-order chi connectivity index (χ0) is 32.7. The Kier molecular flexibility index (Phi) is 10.4. The quantitative estimate of drug-likeness (QED) is 0.197. The number of hydrogen-bond donors (Lipinski definition) is 2. The Morgan fingerprint density at radius 2 is 1.73 bits per heavy atom. The Morgan fingerprint density at radius 1 is 1.07 bits per heavy atom.